The van der Waals surface area contributed by atoms with Crippen LogP contribution in [0.3, 0.4) is 0 Å². The first-order valence-electron chi connectivity index (χ1n) is 9.10. The van der Waals surface area contributed by atoms with E-state index < -0.39 is 11.4 Å². The summed E-state index contributed by atoms with van der Waals surface area (Å²) in [4.78, 5) is 22.9. The van der Waals surface area contributed by atoms with Crippen molar-refractivity contribution in [2.24, 2.45) is 11.3 Å². The zero-order valence-corrected chi connectivity index (χ0v) is 15.4. The molecule has 3 fully saturated rings. The van der Waals surface area contributed by atoms with Gasteiger partial charge in [-0.1, -0.05) is 12.8 Å². The molecule has 0 spiro atoms. The predicted octanol–water partition coefficient (Wildman–Crippen LogP) is 2.52. The number of hydrogen-bond acceptors (Lipinski definition) is 5. The van der Waals surface area contributed by atoms with Crippen LogP contribution in [0.2, 0.25) is 0 Å². The molecule has 2 atom stereocenters. The largest absolute Gasteiger partial charge is 0.481 e. The Morgan fingerprint density at radius 1 is 1.29 bits per heavy atom. The predicted molar refractivity (Wildman–Crippen MR) is 94.3 cm³/mol. The van der Waals surface area contributed by atoms with Gasteiger partial charge >= 0.3 is 5.97 Å². The Balaban J connectivity index is 1.48. The van der Waals surface area contributed by atoms with Gasteiger partial charge in [0.1, 0.15) is 0 Å². The smallest absolute Gasteiger partial charge is 0.312 e. The lowest BCUT2D eigenvalue weighted by Gasteiger charge is -2.28. The van der Waals surface area contributed by atoms with Crippen molar-refractivity contribution in [3.8, 4) is 0 Å². The second-order valence-corrected chi connectivity index (χ2v) is 9.34. The molecule has 0 aromatic carbocycles. The van der Waals surface area contributed by atoms with E-state index in [0.717, 1.165) is 36.9 Å². The highest BCUT2D eigenvalue weighted by Gasteiger charge is 2.58. The van der Waals surface area contributed by atoms with Gasteiger partial charge in [0, 0.05) is 49.6 Å². The summed E-state index contributed by atoms with van der Waals surface area (Å²) >= 11 is 1.73. The number of rotatable bonds is 4. The third kappa shape index (κ3) is 2.68. The number of fused-ring (bicyclic) bond motifs is 1. The van der Waals surface area contributed by atoms with E-state index in [2.05, 4.69) is 21.7 Å². The second-order valence-electron chi connectivity index (χ2n) is 7.93. The van der Waals surface area contributed by atoms with Crippen LogP contribution in [0, 0.1) is 25.2 Å². The van der Waals surface area contributed by atoms with Gasteiger partial charge in [-0.05, 0) is 26.7 Å². The summed E-state index contributed by atoms with van der Waals surface area (Å²) in [5, 5.41) is 11.1. The Kier molecular flexibility index (Phi) is 4.17. The summed E-state index contributed by atoms with van der Waals surface area (Å²) in [6, 6.07) is 0.628. The van der Waals surface area contributed by atoms with Crippen molar-refractivity contribution in [1.82, 2.24) is 14.8 Å². The maximum absolute atomic E-state index is 12.2. The number of aliphatic carboxylic acids is 1. The average molecular weight is 350 g/mol. The number of hydrogen-bond donors (Lipinski definition) is 1. The van der Waals surface area contributed by atoms with E-state index in [0.29, 0.717) is 12.6 Å². The van der Waals surface area contributed by atoms with E-state index in [-0.39, 0.29) is 5.92 Å². The standard InChI is InChI=1S/C18H27N3O2S/c1-12-16(19-13(2)24-12)9-20-7-14-8-21(15-5-3-4-6-15)11-18(14,10-20)17(22)23/h14-15H,3-11H2,1-2H3,(H,22,23)/t14-,18-/m1/s1. The molecular weight excluding hydrogens is 322 g/mol. The molecule has 24 heavy (non-hydrogen) atoms. The van der Waals surface area contributed by atoms with Crippen molar-refractivity contribution in [2.45, 2.75) is 52.1 Å². The number of carboxylic acids is 1. The minimum absolute atomic E-state index is 0.260. The molecule has 3 heterocycles. The van der Waals surface area contributed by atoms with Crippen LogP contribution in [0.1, 0.15) is 41.3 Å². The van der Waals surface area contributed by atoms with Gasteiger partial charge < -0.3 is 5.11 Å². The number of nitrogens with zero attached hydrogens (tertiary/aromatic N) is 3. The van der Waals surface area contributed by atoms with Crippen LogP contribution in [-0.4, -0.2) is 58.1 Å². The van der Waals surface area contributed by atoms with Crippen molar-refractivity contribution in [3.05, 3.63) is 15.6 Å². The van der Waals surface area contributed by atoms with Crippen LogP contribution < -0.4 is 0 Å². The molecule has 1 N–H and O–H groups in total. The molecule has 5 nitrogen and oxygen atoms in total. The van der Waals surface area contributed by atoms with Crippen molar-refractivity contribution in [3.63, 3.8) is 0 Å². The first kappa shape index (κ1) is 16.5. The highest BCUT2D eigenvalue weighted by atomic mass is 32.1. The Bertz CT molecular complexity index is 640. The van der Waals surface area contributed by atoms with Crippen LogP contribution in [0.15, 0.2) is 0 Å². The van der Waals surface area contributed by atoms with Gasteiger partial charge in [-0.3, -0.25) is 14.6 Å². The van der Waals surface area contributed by atoms with Crippen LogP contribution in [0.5, 0.6) is 0 Å². The number of aryl methyl sites for hydroxylation is 2. The fraction of sp³-hybridized carbons (Fsp3) is 0.778. The van der Waals surface area contributed by atoms with Crippen LogP contribution in [0.4, 0.5) is 0 Å². The number of likely N-dealkylation sites (tertiary alicyclic amines) is 2. The molecule has 2 aliphatic heterocycles. The van der Waals surface area contributed by atoms with Gasteiger partial charge in [0.25, 0.3) is 0 Å². The van der Waals surface area contributed by atoms with Crippen LogP contribution >= 0.6 is 11.3 Å². The van der Waals surface area contributed by atoms with Gasteiger partial charge in [-0.25, -0.2) is 4.98 Å². The van der Waals surface area contributed by atoms with E-state index in [1.807, 2.05) is 6.92 Å². The summed E-state index contributed by atoms with van der Waals surface area (Å²) in [6.07, 6.45) is 5.12. The lowest BCUT2D eigenvalue weighted by Crippen LogP contribution is -2.42. The van der Waals surface area contributed by atoms with Gasteiger partial charge in [0.15, 0.2) is 0 Å². The molecule has 3 aliphatic rings. The van der Waals surface area contributed by atoms with Gasteiger partial charge in [-0.2, -0.15) is 0 Å². The van der Waals surface area contributed by atoms with E-state index >= 15 is 0 Å². The number of carbonyl (C=O) groups is 1. The summed E-state index contributed by atoms with van der Waals surface area (Å²) < 4.78 is 0. The number of aromatic nitrogens is 1. The maximum atomic E-state index is 12.2. The van der Waals surface area contributed by atoms with Gasteiger partial charge in [-0.15, -0.1) is 11.3 Å². The van der Waals surface area contributed by atoms with Crippen molar-refractivity contribution in [1.29, 1.82) is 0 Å². The van der Waals surface area contributed by atoms with Crippen LogP contribution in [0.25, 0.3) is 0 Å². The third-order valence-electron chi connectivity index (χ3n) is 6.35. The molecule has 132 valence electrons. The second kappa shape index (κ2) is 6.07. The molecule has 2 saturated heterocycles. The Labute approximate surface area is 147 Å². The Morgan fingerprint density at radius 3 is 2.62 bits per heavy atom. The zero-order valence-electron chi connectivity index (χ0n) is 14.6. The minimum atomic E-state index is -0.596. The molecule has 0 amide bonds. The molecule has 1 aliphatic carbocycles. The van der Waals surface area contributed by atoms with Gasteiger partial charge in [0.05, 0.1) is 16.1 Å². The fourth-order valence-electron chi connectivity index (χ4n) is 5.11. The van der Waals surface area contributed by atoms with Gasteiger partial charge in [0.2, 0.25) is 0 Å². The first-order chi connectivity index (χ1) is 11.5. The molecule has 1 aromatic heterocycles. The first-order valence-corrected chi connectivity index (χ1v) is 9.92. The molecule has 0 radical (unpaired) electrons. The number of carboxylic acid groups (broad SMARTS) is 1. The summed E-state index contributed by atoms with van der Waals surface area (Å²) in [6.45, 7) is 8.22. The summed E-state index contributed by atoms with van der Waals surface area (Å²) in [5.41, 5.74) is 0.562. The Morgan fingerprint density at radius 2 is 2.04 bits per heavy atom. The zero-order chi connectivity index (χ0) is 16.9. The Hall–Kier alpha value is -0.980. The molecule has 1 saturated carbocycles. The van der Waals surface area contributed by atoms with E-state index in [4.69, 9.17) is 0 Å². The quantitative estimate of drug-likeness (QED) is 0.905. The molecule has 4 rings (SSSR count). The average Bonchev–Trinajstić information content (AvgIpc) is 3.23. The normalized spacial score (nSPS) is 31.8. The number of thiazole rings is 1. The maximum Gasteiger partial charge on any atom is 0.312 e. The molecular formula is C18H27N3O2S. The summed E-state index contributed by atoms with van der Waals surface area (Å²) in [7, 11) is 0. The lowest BCUT2D eigenvalue weighted by atomic mass is 9.81. The topological polar surface area (TPSA) is 56.7 Å². The lowest BCUT2D eigenvalue weighted by molar-refractivity contribution is -0.149. The fourth-order valence-corrected chi connectivity index (χ4v) is 5.94. The van der Waals surface area contributed by atoms with E-state index in [1.165, 1.54) is 30.6 Å². The van der Waals surface area contributed by atoms with E-state index in [9.17, 15) is 9.90 Å². The SMILES string of the molecule is Cc1nc(CN2C[C@@H]3CN(C4CCCC4)C[C@]3(C(=O)O)C2)c(C)s1. The highest BCUT2D eigenvalue weighted by Crippen LogP contribution is 2.45. The highest BCUT2D eigenvalue weighted by molar-refractivity contribution is 7.11. The molecule has 1 aromatic rings. The van der Waals surface area contributed by atoms with E-state index in [1.54, 1.807) is 11.3 Å². The van der Waals surface area contributed by atoms with Crippen molar-refractivity contribution >= 4 is 17.3 Å². The third-order valence-corrected chi connectivity index (χ3v) is 7.27. The molecule has 0 unspecified atom stereocenters. The monoisotopic (exact) mass is 349 g/mol. The van der Waals surface area contributed by atoms with Crippen LogP contribution in [-0.2, 0) is 11.3 Å². The summed E-state index contributed by atoms with van der Waals surface area (Å²) in [5.74, 6) is -0.336. The minimum Gasteiger partial charge on any atom is -0.481 e. The molecule has 6 heteroatoms. The molecule has 0 bridgehead atoms. The van der Waals surface area contributed by atoms with Crippen molar-refractivity contribution < 1.29 is 9.90 Å². The van der Waals surface area contributed by atoms with Crippen molar-refractivity contribution in [2.75, 3.05) is 26.2 Å².